The maximum absolute atomic E-state index is 12.6. The number of amides is 5. The summed E-state index contributed by atoms with van der Waals surface area (Å²) in [5.41, 5.74) is 0.0916. The molecule has 11 nitrogen and oxygen atoms in total. The first-order valence-corrected chi connectivity index (χ1v) is 11.0. The maximum atomic E-state index is 12.6. The SMILES string of the molecule is COCCCN1C(=O)c2ccc(C(=O)NCCNC(=O)CCNC(=O)OC(C)(C)C)cc2C1=O. The Hall–Kier alpha value is -3.47. The number of nitrogens with zero attached hydrogens (tertiary/aromatic N) is 1. The van der Waals surface area contributed by atoms with Gasteiger partial charge in [-0.05, 0) is 45.4 Å². The van der Waals surface area contributed by atoms with Crippen molar-refractivity contribution in [3.8, 4) is 0 Å². The first-order valence-electron chi connectivity index (χ1n) is 11.0. The van der Waals surface area contributed by atoms with E-state index < -0.39 is 23.5 Å². The van der Waals surface area contributed by atoms with Gasteiger partial charge >= 0.3 is 6.09 Å². The highest BCUT2D eigenvalue weighted by atomic mass is 16.6. The van der Waals surface area contributed by atoms with Gasteiger partial charge in [-0.25, -0.2) is 4.79 Å². The Labute approximate surface area is 198 Å². The zero-order chi connectivity index (χ0) is 25.3. The molecule has 0 spiro atoms. The molecule has 1 aliphatic rings. The molecule has 0 aromatic heterocycles. The summed E-state index contributed by atoms with van der Waals surface area (Å²) in [6, 6.07) is 4.36. The fourth-order valence-electron chi connectivity index (χ4n) is 3.16. The van der Waals surface area contributed by atoms with Gasteiger partial charge in [0, 0.05) is 51.9 Å². The van der Waals surface area contributed by atoms with E-state index in [0.717, 1.165) is 4.90 Å². The number of hydrogen-bond acceptors (Lipinski definition) is 7. The van der Waals surface area contributed by atoms with Gasteiger partial charge in [-0.3, -0.25) is 24.1 Å². The minimum atomic E-state index is -0.615. The number of alkyl carbamates (subject to hydrolysis) is 1. The molecule has 0 saturated heterocycles. The number of benzene rings is 1. The van der Waals surface area contributed by atoms with Crippen molar-refractivity contribution in [1.29, 1.82) is 0 Å². The fraction of sp³-hybridized carbons (Fsp3) is 0.522. The van der Waals surface area contributed by atoms with Crippen molar-refractivity contribution >= 4 is 29.7 Å². The van der Waals surface area contributed by atoms with E-state index in [4.69, 9.17) is 9.47 Å². The van der Waals surface area contributed by atoms with Crippen LogP contribution in [0, 0.1) is 0 Å². The van der Waals surface area contributed by atoms with Crippen molar-refractivity contribution in [3.63, 3.8) is 0 Å². The van der Waals surface area contributed by atoms with Gasteiger partial charge in [-0.1, -0.05) is 0 Å². The summed E-state index contributed by atoms with van der Waals surface area (Å²) in [7, 11) is 1.54. The lowest BCUT2D eigenvalue weighted by atomic mass is 10.1. The molecule has 1 aliphatic heterocycles. The number of fused-ring (bicyclic) bond motifs is 1. The molecule has 2 rings (SSSR count). The Morgan fingerprint density at radius 1 is 0.941 bits per heavy atom. The highest BCUT2D eigenvalue weighted by molar-refractivity contribution is 6.22. The number of nitrogens with one attached hydrogen (secondary N) is 3. The Kier molecular flexibility index (Phi) is 9.55. The zero-order valence-electron chi connectivity index (χ0n) is 20.0. The molecule has 34 heavy (non-hydrogen) atoms. The second kappa shape index (κ2) is 12.1. The molecular weight excluding hydrogens is 444 g/mol. The Balaban J connectivity index is 1.74. The number of carbonyl (C=O) groups is 5. The highest BCUT2D eigenvalue weighted by Gasteiger charge is 2.35. The predicted molar refractivity (Wildman–Crippen MR) is 122 cm³/mol. The predicted octanol–water partition coefficient (Wildman–Crippen LogP) is 1.08. The smallest absolute Gasteiger partial charge is 0.407 e. The molecule has 0 radical (unpaired) electrons. The van der Waals surface area contributed by atoms with Crippen LogP contribution in [0.15, 0.2) is 18.2 Å². The normalized spacial score (nSPS) is 12.9. The average molecular weight is 477 g/mol. The van der Waals surface area contributed by atoms with E-state index in [9.17, 15) is 24.0 Å². The first kappa shape index (κ1) is 26.8. The Morgan fingerprint density at radius 2 is 1.62 bits per heavy atom. The third kappa shape index (κ3) is 7.84. The highest BCUT2D eigenvalue weighted by Crippen LogP contribution is 2.24. The molecule has 0 unspecified atom stereocenters. The third-order valence-electron chi connectivity index (χ3n) is 4.72. The number of imide groups is 1. The summed E-state index contributed by atoms with van der Waals surface area (Å²) in [5.74, 6) is -1.54. The number of carbonyl (C=O) groups excluding carboxylic acids is 5. The molecule has 0 atom stereocenters. The Morgan fingerprint density at radius 3 is 2.29 bits per heavy atom. The molecule has 3 N–H and O–H groups in total. The zero-order valence-corrected chi connectivity index (χ0v) is 20.0. The van der Waals surface area contributed by atoms with E-state index in [1.807, 2.05) is 0 Å². The number of methoxy groups -OCH3 is 1. The molecule has 1 aromatic carbocycles. The van der Waals surface area contributed by atoms with Gasteiger partial charge in [0.1, 0.15) is 5.60 Å². The van der Waals surface area contributed by atoms with E-state index in [1.165, 1.54) is 18.2 Å². The van der Waals surface area contributed by atoms with Crippen molar-refractivity contribution in [2.75, 3.05) is 39.9 Å². The van der Waals surface area contributed by atoms with Crippen LogP contribution in [0.1, 0.15) is 64.7 Å². The lowest BCUT2D eigenvalue weighted by Gasteiger charge is -2.19. The lowest BCUT2D eigenvalue weighted by molar-refractivity contribution is -0.120. The summed E-state index contributed by atoms with van der Waals surface area (Å²) in [6.45, 7) is 6.38. The number of rotatable bonds is 11. The molecule has 11 heteroatoms. The summed E-state index contributed by atoms with van der Waals surface area (Å²) < 4.78 is 10.0. The third-order valence-corrected chi connectivity index (χ3v) is 4.72. The van der Waals surface area contributed by atoms with E-state index in [0.29, 0.717) is 13.0 Å². The van der Waals surface area contributed by atoms with Crippen LogP contribution < -0.4 is 16.0 Å². The van der Waals surface area contributed by atoms with Crippen molar-refractivity contribution in [2.45, 2.75) is 39.2 Å². The van der Waals surface area contributed by atoms with E-state index in [2.05, 4.69) is 16.0 Å². The lowest BCUT2D eigenvalue weighted by Crippen LogP contribution is -2.37. The van der Waals surface area contributed by atoms with Gasteiger partial charge in [0.05, 0.1) is 11.1 Å². The molecule has 186 valence electrons. The van der Waals surface area contributed by atoms with E-state index in [1.54, 1.807) is 27.9 Å². The summed E-state index contributed by atoms with van der Waals surface area (Å²) in [4.78, 5) is 61.9. The van der Waals surface area contributed by atoms with Crippen LogP contribution in [0.5, 0.6) is 0 Å². The van der Waals surface area contributed by atoms with Crippen molar-refractivity contribution in [1.82, 2.24) is 20.9 Å². The molecule has 0 saturated carbocycles. The van der Waals surface area contributed by atoms with Crippen molar-refractivity contribution in [3.05, 3.63) is 34.9 Å². The number of ether oxygens (including phenoxy) is 2. The van der Waals surface area contributed by atoms with Crippen LogP contribution >= 0.6 is 0 Å². The molecule has 0 bridgehead atoms. The fourth-order valence-corrected chi connectivity index (χ4v) is 3.16. The summed E-state index contributed by atoms with van der Waals surface area (Å²) in [6.07, 6.45) is -0.00664. The topological polar surface area (TPSA) is 143 Å². The monoisotopic (exact) mass is 476 g/mol. The average Bonchev–Trinajstić information content (AvgIpc) is 2.99. The van der Waals surface area contributed by atoms with Gasteiger partial charge in [0.25, 0.3) is 17.7 Å². The Bertz CT molecular complexity index is 940. The van der Waals surface area contributed by atoms with Crippen LogP contribution in [0.3, 0.4) is 0 Å². The van der Waals surface area contributed by atoms with Gasteiger partial charge in [-0.2, -0.15) is 0 Å². The van der Waals surface area contributed by atoms with Crippen LogP contribution in [-0.4, -0.2) is 80.1 Å². The van der Waals surface area contributed by atoms with Crippen molar-refractivity contribution < 1.29 is 33.4 Å². The van der Waals surface area contributed by atoms with Crippen LogP contribution in [0.4, 0.5) is 4.79 Å². The summed E-state index contributed by atoms with van der Waals surface area (Å²) >= 11 is 0. The van der Waals surface area contributed by atoms with Crippen molar-refractivity contribution in [2.24, 2.45) is 0 Å². The first-order chi connectivity index (χ1) is 16.0. The van der Waals surface area contributed by atoms with Crippen LogP contribution in [0.25, 0.3) is 0 Å². The quantitative estimate of drug-likeness (QED) is 0.320. The minimum Gasteiger partial charge on any atom is -0.444 e. The second-order valence-corrected chi connectivity index (χ2v) is 8.65. The molecule has 0 aliphatic carbocycles. The van der Waals surface area contributed by atoms with Gasteiger partial charge in [0.2, 0.25) is 5.91 Å². The second-order valence-electron chi connectivity index (χ2n) is 8.65. The van der Waals surface area contributed by atoms with Gasteiger partial charge in [-0.15, -0.1) is 0 Å². The maximum Gasteiger partial charge on any atom is 0.407 e. The summed E-state index contributed by atoms with van der Waals surface area (Å²) in [5, 5.41) is 7.78. The van der Waals surface area contributed by atoms with Gasteiger partial charge in [0.15, 0.2) is 0 Å². The molecule has 5 amide bonds. The molecule has 1 aromatic rings. The molecule has 0 fully saturated rings. The largest absolute Gasteiger partial charge is 0.444 e. The molecule has 1 heterocycles. The van der Waals surface area contributed by atoms with Crippen LogP contribution in [-0.2, 0) is 14.3 Å². The standard InChI is InChI=1S/C23H32N4O7/c1-23(2,3)34-22(32)26-9-8-18(28)24-10-11-25-19(29)15-6-7-16-17(14-15)21(31)27(20(16)30)12-5-13-33-4/h6-7,14H,5,8-13H2,1-4H3,(H,24,28)(H,25,29)(H,26,32). The minimum absolute atomic E-state index is 0.0645. The van der Waals surface area contributed by atoms with E-state index >= 15 is 0 Å². The van der Waals surface area contributed by atoms with Gasteiger partial charge < -0.3 is 25.4 Å². The van der Waals surface area contributed by atoms with E-state index in [-0.39, 0.29) is 61.1 Å². The van der Waals surface area contributed by atoms with Crippen LogP contribution in [0.2, 0.25) is 0 Å². The molecular formula is C23H32N4O7. The number of hydrogen-bond donors (Lipinski definition) is 3.